The van der Waals surface area contributed by atoms with Crippen molar-refractivity contribution in [3.63, 3.8) is 0 Å². The summed E-state index contributed by atoms with van der Waals surface area (Å²) >= 11 is 1.66. The van der Waals surface area contributed by atoms with E-state index in [1.165, 1.54) is 23.4 Å². The molecule has 1 heterocycles. The minimum atomic E-state index is -0.466. The minimum Gasteiger partial charge on any atom is -0.397 e. The molecule has 0 bridgehead atoms. The molecule has 6 heteroatoms. The highest BCUT2D eigenvalue weighted by molar-refractivity contribution is 7.15. The van der Waals surface area contributed by atoms with Crippen molar-refractivity contribution in [1.82, 2.24) is 4.98 Å². The number of nitrogen functional groups attached to an aromatic ring is 1. The van der Waals surface area contributed by atoms with Crippen molar-refractivity contribution in [2.45, 2.75) is 25.7 Å². The van der Waals surface area contributed by atoms with E-state index in [0.717, 1.165) is 18.0 Å². The van der Waals surface area contributed by atoms with Gasteiger partial charge >= 0.3 is 0 Å². The Bertz CT molecular complexity index is 642. The van der Waals surface area contributed by atoms with Crippen LogP contribution >= 0.6 is 11.3 Å². The quantitative estimate of drug-likeness (QED) is 0.756. The lowest BCUT2D eigenvalue weighted by molar-refractivity contribution is 0.100. The Morgan fingerprint density at radius 2 is 2.10 bits per heavy atom. The van der Waals surface area contributed by atoms with Crippen molar-refractivity contribution in [3.05, 3.63) is 34.3 Å². The third kappa shape index (κ3) is 2.46. The number of hydrogen-bond acceptors (Lipinski definition) is 5. The van der Waals surface area contributed by atoms with Gasteiger partial charge < -0.3 is 16.8 Å². The van der Waals surface area contributed by atoms with E-state index in [0.29, 0.717) is 16.9 Å². The number of carbonyl (C=O) groups excluding carboxylic acids is 1. The Hall–Kier alpha value is -2.08. The summed E-state index contributed by atoms with van der Waals surface area (Å²) in [6.45, 7) is 0. The lowest BCUT2D eigenvalue weighted by Gasteiger charge is -2.07. The van der Waals surface area contributed by atoms with Gasteiger partial charge in [0.1, 0.15) is 0 Å². The first kappa shape index (κ1) is 12.9. The topological polar surface area (TPSA) is 94.0 Å². The molecular formula is C14H16N4OS. The van der Waals surface area contributed by atoms with E-state index in [1.54, 1.807) is 29.5 Å². The normalized spacial score (nSPS) is 13.8. The molecule has 0 spiro atoms. The first-order valence-corrected chi connectivity index (χ1v) is 7.40. The number of rotatable bonds is 3. The Labute approximate surface area is 121 Å². The summed E-state index contributed by atoms with van der Waals surface area (Å²) in [5.41, 5.74) is 14.1. The molecule has 0 radical (unpaired) electrons. The number of hydrogen-bond donors (Lipinski definition) is 3. The fourth-order valence-corrected chi connectivity index (χ4v) is 3.40. The van der Waals surface area contributed by atoms with Gasteiger partial charge in [-0.2, -0.15) is 0 Å². The standard InChI is InChI=1S/C14H16N4OS/c15-9-6-5-8(13(16)19)7-11(9)18-14-17-10-3-1-2-4-12(10)20-14/h5-7H,1-4,15H2,(H2,16,19)(H,17,18). The van der Waals surface area contributed by atoms with Crippen LogP contribution in [0.5, 0.6) is 0 Å². The number of aromatic nitrogens is 1. The van der Waals surface area contributed by atoms with E-state index in [4.69, 9.17) is 11.5 Å². The molecule has 104 valence electrons. The van der Waals surface area contributed by atoms with Gasteiger partial charge in [-0.25, -0.2) is 4.98 Å². The summed E-state index contributed by atoms with van der Waals surface area (Å²) in [6, 6.07) is 4.96. The summed E-state index contributed by atoms with van der Waals surface area (Å²) in [5.74, 6) is -0.466. The number of aryl methyl sites for hydroxylation is 2. The van der Waals surface area contributed by atoms with Crippen LogP contribution in [-0.4, -0.2) is 10.9 Å². The van der Waals surface area contributed by atoms with E-state index in [1.807, 2.05) is 0 Å². The number of nitrogens with two attached hydrogens (primary N) is 2. The number of fused-ring (bicyclic) bond motifs is 1. The first-order chi connectivity index (χ1) is 9.63. The van der Waals surface area contributed by atoms with Gasteiger partial charge in [0.2, 0.25) is 5.91 Å². The average Bonchev–Trinajstić information content (AvgIpc) is 2.83. The van der Waals surface area contributed by atoms with Crippen LogP contribution in [0.1, 0.15) is 33.8 Å². The van der Waals surface area contributed by atoms with E-state index in [2.05, 4.69) is 10.3 Å². The number of thiazole rings is 1. The van der Waals surface area contributed by atoms with Crippen LogP contribution in [-0.2, 0) is 12.8 Å². The number of amides is 1. The fourth-order valence-electron chi connectivity index (χ4n) is 2.34. The second-order valence-electron chi connectivity index (χ2n) is 4.89. The predicted molar refractivity (Wildman–Crippen MR) is 81.4 cm³/mol. The lowest BCUT2D eigenvalue weighted by atomic mass is 10.0. The zero-order valence-corrected chi connectivity index (χ0v) is 11.8. The molecule has 0 saturated heterocycles. The molecule has 0 fully saturated rings. The summed E-state index contributed by atoms with van der Waals surface area (Å²) in [6.07, 6.45) is 4.58. The molecule has 0 aliphatic heterocycles. The maximum Gasteiger partial charge on any atom is 0.248 e. The molecular weight excluding hydrogens is 272 g/mol. The van der Waals surface area contributed by atoms with Crippen molar-refractivity contribution in [1.29, 1.82) is 0 Å². The van der Waals surface area contributed by atoms with Crippen LogP contribution in [0, 0.1) is 0 Å². The highest BCUT2D eigenvalue weighted by atomic mass is 32.1. The number of primary amides is 1. The summed E-state index contributed by atoms with van der Waals surface area (Å²) in [5, 5.41) is 4.02. The molecule has 1 amide bonds. The molecule has 20 heavy (non-hydrogen) atoms. The lowest BCUT2D eigenvalue weighted by Crippen LogP contribution is -2.11. The van der Waals surface area contributed by atoms with Gasteiger partial charge in [-0.05, 0) is 43.9 Å². The Kier molecular flexibility index (Phi) is 3.31. The van der Waals surface area contributed by atoms with Crippen molar-refractivity contribution in [2.24, 2.45) is 5.73 Å². The summed E-state index contributed by atoms with van der Waals surface area (Å²) < 4.78 is 0. The van der Waals surface area contributed by atoms with Crippen LogP contribution in [0.4, 0.5) is 16.5 Å². The van der Waals surface area contributed by atoms with E-state index < -0.39 is 5.91 Å². The largest absolute Gasteiger partial charge is 0.397 e. The van der Waals surface area contributed by atoms with Crippen LogP contribution in [0.25, 0.3) is 0 Å². The first-order valence-electron chi connectivity index (χ1n) is 6.58. The maximum atomic E-state index is 11.2. The SMILES string of the molecule is NC(=O)c1ccc(N)c(Nc2nc3c(s2)CCCC3)c1. The fraction of sp³-hybridized carbons (Fsp3) is 0.286. The zero-order valence-electron chi connectivity index (χ0n) is 11.0. The van der Waals surface area contributed by atoms with Crippen molar-refractivity contribution in [3.8, 4) is 0 Å². The maximum absolute atomic E-state index is 11.2. The van der Waals surface area contributed by atoms with E-state index in [-0.39, 0.29) is 0 Å². The number of benzene rings is 1. The average molecular weight is 288 g/mol. The summed E-state index contributed by atoms with van der Waals surface area (Å²) in [4.78, 5) is 17.2. The van der Waals surface area contributed by atoms with E-state index >= 15 is 0 Å². The van der Waals surface area contributed by atoms with Gasteiger partial charge in [-0.1, -0.05) is 0 Å². The number of nitrogens with one attached hydrogen (secondary N) is 1. The predicted octanol–water partition coefficient (Wildman–Crippen LogP) is 2.45. The highest BCUT2D eigenvalue weighted by Gasteiger charge is 2.15. The Morgan fingerprint density at radius 1 is 1.30 bits per heavy atom. The number of anilines is 3. The van der Waals surface area contributed by atoms with Gasteiger partial charge in [0.15, 0.2) is 5.13 Å². The Morgan fingerprint density at radius 3 is 2.85 bits per heavy atom. The van der Waals surface area contributed by atoms with Crippen molar-refractivity contribution < 1.29 is 4.79 Å². The minimum absolute atomic E-state index is 0.433. The molecule has 0 atom stereocenters. The highest BCUT2D eigenvalue weighted by Crippen LogP contribution is 2.32. The molecule has 0 saturated carbocycles. The monoisotopic (exact) mass is 288 g/mol. The van der Waals surface area contributed by atoms with Gasteiger partial charge in [0, 0.05) is 10.4 Å². The molecule has 5 N–H and O–H groups in total. The van der Waals surface area contributed by atoms with Gasteiger partial charge in [-0.3, -0.25) is 4.79 Å². The van der Waals surface area contributed by atoms with Crippen LogP contribution < -0.4 is 16.8 Å². The number of nitrogens with zero attached hydrogens (tertiary/aromatic N) is 1. The second kappa shape index (κ2) is 5.13. The smallest absolute Gasteiger partial charge is 0.248 e. The van der Waals surface area contributed by atoms with Gasteiger partial charge in [-0.15, -0.1) is 11.3 Å². The molecule has 1 aromatic carbocycles. The van der Waals surface area contributed by atoms with Gasteiger partial charge in [0.05, 0.1) is 17.1 Å². The molecule has 5 nitrogen and oxygen atoms in total. The molecule has 3 rings (SSSR count). The second-order valence-corrected chi connectivity index (χ2v) is 5.97. The molecule has 1 aliphatic carbocycles. The van der Waals surface area contributed by atoms with Gasteiger partial charge in [0.25, 0.3) is 0 Å². The number of carbonyl (C=O) groups is 1. The van der Waals surface area contributed by atoms with Crippen molar-refractivity contribution >= 4 is 33.8 Å². The third-order valence-corrected chi connectivity index (χ3v) is 4.50. The Balaban J connectivity index is 1.88. The van der Waals surface area contributed by atoms with Crippen molar-refractivity contribution in [2.75, 3.05) is 11.1 Å². The molecule has 1 aliphatic rings. The molecule has 1 aromatic heterocycles. The zero-order chi connectivity index (χ0) is 14.1. The van der Waals surface area contributed by atoms with Crippen LogP contribution in [0.3, 0.4) is 0 Å². The summed E-state index contributed by atoms with van der Waals surface area (Å²) in [7, 11) is 0. The molecule has 2 aromatic rings. The third-order valence-electron chi connectivity index (χ3n) is 3.43. The van der Waals surface area contributed by atoms with Crippen LogP contribution in [0.2, 0.25) is 0 Å². The van der Waals surface area contributed by atoms with Crippen LogP contribution in [0.15, 0.2) is 18.2 Å². The molecule has 0 unspecified atom stereocenters. The van der Waals surface area contributed by atoms with E-state index in [9.17, 15) is 4.79 Å².